The fraction of sp³-hybridized carbons (Fsp3) is 0.333. The quantitative estimate of drug-likeness (QED) is 0.234. The molecule has 0 radical (unpaired) electrons. The zero-order valence-electron chi connectivity index (χ0n) is 19.6. The minimum absolute atomic E-state index is 0.0979. The average Bonchev–Trinajstić information content (AvgIpc) is 2.81. The van der Waals surface area contributed by atoms with Crippen LogP contribution < -0.4 is 4.74 Å². The van der Waals surface area contributed by atoms with Gasteiger partial charge in [0.15, 0.2) is 23.7 Å². The van der Waals surface area contributed by atoms with Crippen LogP contribution in [0.25, 0.3) is 11.1 Å². The van der Waals surface area contributed by atoms with Gasteiger partial charge in [0, 0.05) is 29.2 Å². The zero-order chi connectivity index (χ0) is 27.2. The Morgan fingerprint density at radius 3 is 1.84 bits per heavy atom. The summed E-state index contributed by atoms with van der Waals surface area (Å²) in [5.41, 5.74) is -2.21. The van der Waals surface area contributed by atoms with Gasteiger partial charge in [0.1, 0.15) is 28.8 Å². The van der Waals surface area contributed by atoms with E-state index in [0.717, 1.165) is 18.9 Å². The lowest BCUT2D eigenvalue weighted by molar-refractivity contribution is -0.216. The molecule has 38 heavy (non-hydrogen) atoms. The largest absolute Gasteiger partial charge is 0.432 e. The molecule has 1 aliphatic carbocycles. The second kappa shape index (κ2) is 10.2. The highest BCUT2D eigenvalue weighted by atomic mass is 19.3. The summed E-state index contributed by atoms with van der Waals surface area (Å²) in [5, 5.41) is 0. The van der Waals surface area contributed by atoms with Crippen molar-refractivity contribution in [2.75, 3.05) is 13.2 Å². The summed E-state index contributed by atoms with van der Waals surface area (Å²) in [7, 11) is 0. The molecule has 1 heterocycles. The van der Waals surface area contributed by atoms with Crippen LogP contribution in [-0.2, 0) is 15.6 Å². The minimum atomic E-state index is -4.75. The normalized spacial score (nSPS) is 20.3. The Bertz CT molecular complexity index is 1300. The van der Waals surface area contributed by atoms with Gasteiger partial charge < -0.3 is 14.2 Å². The van der Waals surface area contributed by atoms with Crippen molar-refractivity contribution >= 4 is 0 Å². The van der Waals surface area contributed by atoms with Crippen LogP contribution in [0.1, 0.15) is 36.7 Å². The molecular weight excluding hydrogens is 524 g/mol. The second-order valence-corrected chi connectivity index (χ2v) is 9.32. The van der Waals surface area contributed by atoms with Crippen molar-refractivity contribution in [1.82, 2.24) is 0 Å². The molecule has 0 amide bonds. The molecule has 0 unspecified atom stereocenters. The lowest BCUT2D eigenvalue weighted by Crippen LogP contribution is -2.35. The van der Waals surface area contributed by atoms with Crippen LogP contribution >= 0.6 is 0 Å². The topological polar surface area (TPSA) is 27.7 Å². The van der Waals surface area contributed by atoms with Gasteiger partial charge in [-0.15, -0.1) is 0 Å². The summed E-state index contributed by atoms with van der Waals surface area (Å²) in [5.74, 6) is -10.5. The van der Waals surface area contributed by atoms with E-state index in [0.29, 0.717) is 36.8 Å². The van der Waals surface area contributed by atoms with Gasteiger partial charge in [0.05, 0.1) is 13.2 Å². The Morgan fingerprint density at radius 2 is 1.32 bits per heavy atom. The maximum Gasteiger partial charge on any atom is 0.432 e. The van der Waals surface area contributed by atoms with Crippen molar-refractivity contribution in [2.45, 2.75) is 31.7 Å². The highest BCUT2D eigenvalue weighted by molar-refractivity contribution is 5.65. The van der Waals surface area contributed by atoms with Gasteiger partial charge >= 0.3 is 6.11 Å². The van der Waals surface area contributed by atoms with Gasteiger partial charge in [-0.3, -0.25) is 0 Å². The van der Waals surface area contributed by atoms with Crippen LogP contribution in [0.2, 0.25) is 0 Å². The van der Waals surface area contributed by atoms with Crippen LogP contribution in [0.5, 0.6) is 5.75 Å². The monoisotopic (exact) mass is 544 g/mol. The number of hydrogen-bond donors (Lipinski definition) is 0. The highest BCUT2D eigenvalue weighted by Gasteiger charge is 2.42. The maximum absolute atomic E-state index is 14.9. The summed E-state index contributed by atoms with van der Waals surface area (Å²) < 4.78 is 129. The number of hydrogen-bond acceptors (Lipinski definition) is 3. The molecule has 0 spiro atoms. The Hall–Kier alpha value is -3.18. The molecule has 5 rings (SSSR count). The lowest BCUT2D eigenvalue weighted by atomic mass is 9.76. The first-order chi connectivity index (χ1) is 18.0. The summed E-state index contributed by atoms with van der Waals surface area (Å²) in [6.07, 6.45) is -2.14. The van der Waals surface area contributed by atoms with Crippen molar-refractivity contribution < 1.29 is 49.3 Å². The van der Waals surface area contributed by atoms with Gasteiger partial charge in [0.25, 0.3) is 0 Å². The standard InChI is InChI=1S/C27H20F8O3/c28-19-6-14(26-36-11-16(12-37-26)13-2-1-3-13)4-5-18(19)15-7-20(29)24(21(30)8-15)27(34,35)38-17-9-22(31)25(33)23(32)10-17/h4-10,13,16,26H,1-3,11-12H2. The average molecular weight is 544 g/mol. The van der Waals surface area contributed by atoms with E-state index in [1.54, 1.807) is 0 Å². The van der Waals surface area contributed by atoms with Crippen molar-refractivity contribution in [2.24, 2.45) is 11.8 Å². The first-order valence-electron chi connectivity index (χ1n) is 11.8. The molecule has 0 atom stereocenters. The van der Waals surface area contributed by atoms with E-state index in [1.165, 1.54) is 18.6 Å². The van der Waals surface area contributed by atoms with E-state index >= 15 is 0 Å². The number of ether oxygens (including phenoxy) is 3. The molecule has 3 nitrogen and oxygen atoms in total. The molecule has 0 N–H and O–H groups in total. The van der Waals surface area contributed by atoms with Gasteiger partial charge in [0.2, 0.25) is 0 Å². The van der Waals surface area contributed by atoms with E-state index in [-0.39, 0.29) is 23.6 Å². The zero-order valence-corrected chi connectivity index (χ0v) is 19.6. The molecule has 202 valence electrons. The molecule has 11 heteroatoms. The van der Waals surface area contributed by atoms with Crippen LogP contribution in [0.15, 0.2) is 42.5 Å². The first-order valence-corrected chi connectivity index (χ1v) is 11.8. The number of alkyl halides is 2. The van der Waals surface area contributed by atoms with E-state index in [2.05, 4.69) is 4.74 Å². The molecule has 1 saturated carbocycles. The van der Waals surface area contributed by atoms with E-state index < -0.39 is 64.2 Å². The molecule has 2 fully saturated rings. The Labute approximate surface area is 211 Å². The Kier molecular flexibility index (Phi) is 7.08. The van der Waals surface area contributed by atoms with E-state index in [4.69, 9.17) is 9.47 Å². The van der Waals surface area contributed by atoms with Crippen LogP contribution in [0.3, 0.4) is 0 Å². The number of halogens is 8. The fourth-order valence-electron chi connectivity index (χ4n) is 4.60. The van der Waals surface area contributed by atoms with Crippen molar-refractivity contribution in [3.05, 3.63) is 88.5 Å². The number of rotatable bonds is 6. The van der Waals surface area contributed by atoms with E-state index in [1.807, 2.05) is 0 Å². The molecule has 0 aromatic heterocycles. The van der Waals surface area contributed by atoms with Crippen molar-refractivity contribution in [3.63, 3.8) is 0 Å². The summed E-state index contributed by atoms with van der Waals surface area (Å²) >= 11 is 0. The highest BCUT2D eigenvalue weighted by Crippen LogP contribution is 2.40. The molecular formula is C27H20F8O3. The Balaban J connectivity index is 1.35. The predicted octanol–water partition coefficient (Wildman–Crippen LogP) is 7.78. The lowest BCUT2D eigenvalue weighted by Gasteiger charge is -2.38. The van der Waals surface area contributed by atoms with Crippen LogP contribution in [0, 0.1) is 46.7 Å². The minimum Gasteiger partial charge on any atom is -0.429 e. The third-order valence-electron chi connectivity index (χ3n) is 6.85. The summed E-state index contributed by atoms with van der Waals surface area (Å²) in [6, 6.07) is 4.85. The van der Waals surface area contributed by atoms with Crippen molar-refractivity contribution in [3.8, 4) is 16.9 Å². The molecule has 1 aliphatic heterocycles. The molecule has 1 saturated heterocycles. The summed E-state index contributed by atoms with van der Waals surface area (Å²) in [6.45, 7) is 0.925. The third-order valence-corrected chi connectivity index (χ3v) is 6.85. The van der Waals surface area contributed by atoms with Crippen LogP contribution in [0.4, 0.5) is 35.1 Å². The Morgan fingerprint density at radius 1 is 0.711 bits per heavy atom. The van der Waals surface area contributed by atoms with Crippen molar-refractivity contribution in [1.29, 1.82) is 0 Å². The smallest absolute Gasteiger partial charge is 0.429 e. The van der Waals surface area contributed by atoms with Gasteiger partial charge in [-0.25, -0.2) is 26.3 Å². The van der Waals surface area contributed by atoms with Gasteiger partial charge in [-0.05, 0) is 29.7 Å². The molecule has 3 aromatic carbocycles. The number of benzene rings is 3. The first kappa shape index (κ1) is 26.4. The second-order valence-electron chi connectivity index (χ2n) is 9.32. The summed E-state index contributed by atoms with van der Waals surface area (Å²) in [4.78, 5) is 0. The molecule has 3 aromatic rings. The van der Waals surface area contributed by atoms with Gasteiger partial charge in [-0.1, -0.05) is 31.4 Å². The SMILES string of the molecule is Fc1cc(C2OCC(C3CCC3)CO2)ccc1-c1cc(F)c(C(F)(F)Oc2cc(F)c(F)c(F)c2)c(F)c1. The van der Waals surface area contributed by atoms with Gasteiger partial charge in [-0.2, -0.15) is 8.78 Å². The van der Waals surface area contributed by atoms with E-state index in [9.17, 15) is 35.1 Å². The van der Waals surface area contributed by atoms with Crippen LogP contribution in [-0.4, -0.2) is 13.2 Å². The third kappa shape index (κ3) is 5.09. The predicted molar refractivity (Wildman–Crippen MR) is 118 cm³/mol. The molecule has 2 aliphatic rings. The fourth-order valence-corrected chi connectivity index (χ4v) is 4.60. The maximum atomic E-state index is 14.9. The molecule has 0 bridgehead atoms.